The number of halogens is 1. The number of hydrogen-bond acceptors (Lipinski definition) is 3. The lowest BCUT2D eigenvalue weighted by molar-refractivity contribution is -0.155. The van der Waals surface area contributed by atoms with E-state index >= 15 is 0 Å². The zero-order valence-corrected chi connectivity index (χ0v) is 8.02. The van der Waals surface area contributed by atoms with Crippen LogP contribution in [0.15, 0.2) is 0 Å². The van der Waals surface area contributed by atoms with Crippen molar-refractivity contribution in [2.45, 2.75) is 6.42 Å². The van der Waals surface area contributed by atoms with Gasteiger partial charge in [-0.15, -0.1) is 0 Å². The van der Waals surface area contributed by atoms with E-state index in [1.807, 2.05) is 0 Å². The number of rotatable bonds is 3. The van der Waals surface area contributed by atoms with Gasteiger partial charge in [-0.3, -0.25) is 4.79 Å². The number of hydrogen-bond donors (Lipinski definition) is 0. The van der Waals surface area contributed by atoms with Crippen molar-refractivity contribution < 1.29 is 14.3 Å². The van der Waals surface area contributed by atoms with E-state index in [-0.39, 0.29) is 11.4 Å². The molecule has 0 N–H and O–H groups in total. The Morgan fingerprint density at radius 3 is 2.64 bits per heavy atom. The molecule has 0 saturated carbocycles. The van der Waals surface area contributed by atoms with Crippen LogP contribution in [0.5, 0.6) is 0 Å². The fraction of sp³-hybridized carbons (Fsp3) is 0.857. The lowest BCUT2D eigenvalue weighted by Crippen LogP contribution is -2.45. The van der Waals surface area contributed by atoms with Crippen molar-refractivity contribution in [3.8, 4) is 0 Å². The summed E-state index contributed by atoms with van der Waals surface area (Å²) in [6.45, 7) is 1.32. The highest BCUT2D eigenvalue weighted by Crippen LogP contribution is 2.33. The molecule has 0 atom stereocenters. The van der Waals surface area contributed by atoms with E-state index in [9.17, 15) is 4.79 Å². The van der Waals surface area contributed by atoms with Crippen LogP contribution in [0, 0.1) is 5.41 Å². The molecule has 0 radical (unpaired) electrons. The molecule has 1 rings (SSSR count). The number of carbonyl (C=O) groups is 1. The number of carbonyl (C=O) groups excluding carboxylic acids is 1. The first-order valence-corrected chi connectivity index (χ1v) is 4.55. The third-order valence-electron chi connectivity index (χ3n) is 1.85. The van der Waals surface area contributed by atoms with Gasteiger partial charge in [0.2, 0.25) is 0 Å². The quantitative estimate of drug-likeness (QED) is 0.528. The van der Waals surface area contributed by atoms with E-state index in [1.54, 1.807) is 0 Å². The Bertz CT molecular complexity index is 148. The molecule has 1 saturated heterocycles. The fourth-order valence-electron chi connectivity index (χ4n) is 0.996. The smallest absolute Gasteiger partial charge is 0.306 e. The number of esters is 1. The molecule has 4 heteroatoms. The van der Waals surface area contributed by atoms with Crippen molar-refractivity contribution >= 4 is 21.9 Å². The highest BCUT2D eigenvalue weighted by atomic mass is 79.9. The van der Waals surface area contributed by atoms with E-state index in [2.05, 4.69) is 20.7 Å². The molecule has 0 aromatic carbocycles. The second-order valence-corrected chi connectivity index (χ2v) is 3.44. The first-order chi connectivity index (χ1) is 5.22. The van der Waals surface area contributed by atoms with Gasteiger partial charge >= 0.3 is 5.97 Å². The molecule has 0 spiro atoms. The molecule has 11 heavy (non-hydrogen) atoms. The SMILES string of the molecule is COC(=O)CC1(CBr)COC1. The third kappa shape index (κ3) is 1.93. The van der Waals surface area contributed by atoms with Gasteiger partial charge < -0.3 is 9.47 Å². The molecule has 1 aliphatic rings. The van der Waals surface area contributed by atoms with Crippen molar-refractivity contribution in [3.63, 3.8) is 0 Å². The highest BCUT2D eigenvalue weighted by molar-refractivity contribution is 9.09. The standard InChI is InChI=1S/C7H11BrO3/c1-10-6(9)2-7(3-8)4-11-5-7/h2-5H2,1H3. The number of methoxy groups -OCH3 is 1. The average molecular weight is 223 g/mol. The Morgan fingerprint density at radius 2 is 2.36 bits per heavy atom. The molecule has 0 aromatic heterocycles. The predicted octanol–water partition coefficient (Wildman–Crippen LogP) is 0.961. The van der Waals surface area contributed by atoms with E-state index < -0.39 is 0 Å². The van der Waals surface area contributed by atoms with Crippen LogP contribution >= 0.6 is 15.9 Å². The summed E-state index contributed by atoms with van der Waals surface area (Å²) < 4.78 is 9.60. The van der Waals surface area contributed by atoms with Crippen LogP contribution in [0.25, 0.3) is 0 Å². The van der Waals surface area contributed by atoms with Crippen LogP contribution in [-0.2, 0) is 14.3 Å². The molecule has 1 heterocycles. The molecule has 0 bridgehead atoms. The summed E-state index contributed by atoms with van der Waals surface area (Å²) in [7, 11) is 1.41. The summed E-state index contributed by atoms with van der Waals surface area (Å²) in [5.74, 6) is -0.159. The summed E-state index contributed by atoms with van der Waals surface area (Å²) in [6.07, 6.45) is 0.453. The Morgan fingerprint density at radius 1 is 1.73 bits per heavy atom. The summed E-state index contributed by atoms with van der Waals surface area (Å²) in [5.41, 5.74) is 0.00704. The van der Waals surface area contributed by atoms with Crippen molar-refractivity contribution in [3.05, 3.63) is 0 Å². The van der Waals surface area contributed by atoms with Gasteiger partial charge in [-0.05, 0) is 0 Å². The monoisotopic (exact) mass is 222 g/mol. The maximum absolute atomic E-state index is 10.9. The molecule has 64 valence electrons. The molecule has 0 aromatic rings. The van der Waals surface area contributed by atoms with E-state index in [0.717, 1.165) is 5.33 Å². The largest absolute Gasteiger partial charge is 0.469 e. The molecule has 1 fully saturated rings. The van der Waals surface area contributed by atoms with E-state index in [1.165, 1.54) is 7.11 Å². The van der Waals surface area contributed by atoms with Crippen LogP contribution in [0.2, 0.25) is 0 Å². The van der Waals surface area contributed by atoms with Gasteiger partial charge in [0.25, 0.3) is 0 Å². The van der Waals surface area contributed by atoms with Gasteiger partial charge in [-0.25, -0.2) is 0 Å². The maximum atomic E-state index is 10.9. The van der Waals surface area contributed by atoms with Crippen LogP contribution in [0.3, 0.4) is 0 Å². The molecule has 1 aliphatic heterocycles. The molecule has 0 unspecified atom stereocenters. The van der Waals surface area contributed by atoms with Gasteiger partial charge in [0.05, 0.1) is 26.7 Å². The van der Waals surface area contributed by atoms with Gasteiger partial charge in [-0.1, -0.05) is 15.9 Å². The molecular formula is C7H11BrO3. The van der Waals surface area contributed by atoms with Crippen LogP contribution in [0.1, 0.15) is 6.42 Å². The second-order valence-electron chi connectivity index (χ2n) is 2.88. The second kappa shape index (κ2) is 3.54. The average Bonchev–Trinajstić information content (AvgIpc) is 1.96. The van der Waals surface area contributed by atoms with Crippen molar-refractivity contribution in [1.82, 2.24) is 0 Å². The topological polar surface area (TPSA) is 35.5 Å². The zero-order valence-electron chi connectivity index (χ0n) is 6.43. The Labute approximate surface area is 74.2 Å². The van der Waals surface area contributed by atoms with Gasteiger partial charge in [0.1, 0.15) is 0 Å². The minimum absolute atomic E-state index is 0.00704. The predicted molar refractivity (Wildman–Crippen MR) is 43.7 cm³/mol. The van der Waals surface area contributed by atoms with Crippen LogP contribution in [0.4, 0.5) is 0 Å². The van der Waals surface area contributed by atoms with Crippen LogP contribution in [-0.4, -0.2) is 31.6 Å². The molecule has 0 aliphatic carbocycles. The first-order valence-electron chi connectivity index (χ1n) is 3.43. The third-order valence-corrected chi connectivity index (χ3v) is 3.04. The van der Waals surface area contributed by atoms with E-state index in [4.69, 9.17) is 4.74 Å². The summed E-state index contributed by atoms with van der Waals surface area (Å²) in [4.78, 5) is 10.9. The van der Waals surface area contributed by atoms with E-state index in [0.29, 0.717) is 19.6 Å². The molecular weight excluding hydrogens is 212 g/mol. The summed E-state index contributed by atoms with van der Waals surface area (Å²) in [6, 6.07) is 0. The van der Waals surface area contributed by atoms with Crippen molar-refractivity contribution in [2.75, 3.05) is 25.7 Å². The van der Waals surface area contributed by atoms with Crippen molar-refractivity contribution in [2.24, 2.45) is 5.41 Å². The first kappa shape index (κ1) is 9.00. The van der Waals surface area contributed by atoms with Gasteiger partial charge in [0, 0.05) is 10.7 Å². The normalized spacial score (nSPS) is 20.5. The number of ether oxygens (including phenoxy) is 2. The van der Waals surface area contributed by atoms with Crippen LogP contribution < -0.4 is 0 Å². The minimum Gasteiger partial charge on any atom is -0.469 e. The highest BCUT2D eigenvalue weighted by Gasteiger charge is 2.39. The summed E-state index contributed by atoms with van der Waals surface area (Å²) in [5, 5.41) is 0.801. The Balaban J connectivity index is 2.38. The fourth-order valence-corrected chi connectivity index (χ4v) is 1.52. The Kier molecular flexibility index (Phi) is 2.90. The van der Waals surface area contributed by atoms with Gasteiger partial charge in [-0.2, -0.15) is 0 Å². The summed E-state index contributed by atoms with van der Waals surface area (Å²) >= 11 is 3.35. The van der Waals surface area contributed by atoms with Gasteiger partial charge in [0.15, 0.2) is 0 Å². The van der Waals surface area contributed by atoms with Crippen molar-refractivity contribution in [1.29, 1.82) is 0 Å². The zero-order chi connectivity index (χ0) is 8.32. The Hall–Kier alpha value is -0.0900. The lowest BCUT2D eigenvalue weighted by Gasteiger charge is -2.38. The molecule has 3 nitrogen and oxygen atoms in total. The molecule has 0 amide bonds. The number of alkyl halides is 1. The maximum Gasteiger partial charge on any atom is 0.306 e. The lowest BCUT2D eigenvalue weighted by atomic mass is 9.85. The minimum atomic E-state index is -0.159.